The molecule has 4 heteroatoms. The normalized spacial score (nSPS) is 23.9. The van der Waals surface area contributed by atoms with Crippen LogP contribution in [0.25, 0.3) is 0 Å². The van der Waals surface area contributed by atoms with Crippen LogP contribution in [0.3, 0.4) is 0 Å². The van der Waals surface area contributed by atoms with Gasteiger partial charge in [-0.2, -0.15) is 0 Å². The van der Waals surface area contributed by atoms with Crippen LogP contribution in [-0.4, -0.2) is 11.8 Å². The van der Waals surface area contributed by atoms with Crippen LogP contribution >= 0.6 is 11.6 Å². The molecule has 2 nitrogen and oxygen atoms in total. The zero-order valence-corrected chi connectivity index (χ0v) is 10.9. The predicted molar refractivity (Wildman–Crippen MR) is 70.1 cm³/mol. The number of hydrogen-bond donors (Lipinski definition) is 1. The summed E-state index contributed by atoms with van der Waals surface area (Å²) in [5.41, 5.74) is 6.24. The van der Waals surface area contributed by atoms with Crippen molar-refractivity contribution < 1.29 is 9.18 Å². The molecule has 1 aromatic carbocycles. The molecular formula is C14H17ClFNO. The summed E-state index contributed by atoms with van der Waals surface area (Å²) >= 11 is 5.70. The molecule has 2 unspecified atom stereocenters. The van der Waals surface area contributed by atoms with E-state index in [1.165, 1.54) is 6.07 Å². The number of rotatable bonds is 3. The number of nitrogens with two attached hydrogens (primary N) is 1. The number of halogens is 2. The van der Waals surface area contributed by atoms with Crippen LogP contribution in [0.2, 0.25) is 5.02 Å². The molecule has 0 radical (unpaired) electrons. The Morgan fingerprint density at radius 3 is 2.94 bits per heavy atom. The van der Waals surface area contributed by atoms with Crippen LogP contribution in [0.5, 0.6) is 0 Å². The van der Waals surface area contributed by atoms with E-state index in [1.54, 1.807) is 12.1 Å². The third-order valence-electron chi connectivity index (χ3n) is 3.57. The van der Waals surface area contributed by atoms with E-state index in [0.717, 1.165) is 25.7 Å². The number of carbonyl (C=O) groups is 1. The lowest BCUT2D eigenvalue weighted by molar-refractivity contribution is -0.123. The van der Waals surface area contributed by atoms with E-state index in [1.807, 2.05) is 0 Å². The minimum Gasteiger partial charge on any atom is -0.328 e. The summed E-state index contributed by atoms with van der Waals surface area (Å²) < 4.78 is 13.7. The van der Waals surface area contributed by atoms with E-state index < -0.39 is 5.82 Å². The molecule has 0 aliphatic heterocycles. The first kappa shape index (κ1) is 13.5. The van der Waals surface area contributed by atoms with Crippen molar-refractivity contribution in [2.45, 2.75) is 38.1 Å². The van der Waals surface area contributed by atoms with Crippen molar-refractivity contribution in [3.8, 4) is 0 Å². The van der Waals surface area contributed by atoms with Crippen LogP contribution in [0, 0.1) is 11.7 Å². The summed E-state index contributed by atoms with van der Waals surface area (Å²) in [5, 5.41) is 0.0700. The SMILES string of the molecule is NC1CCCC(C(=O)Cc2cccc(Cl)c2F)C1. The smallest absolute Gasteiger partial charge is 0.145 e. The van der Waals surface area contributed by atoms with Gasteiger partial charge in [0.15, 0.2) is 0 Å². The molecule has 18 heavy (non-hydrogen) atoms. The second-order valence-electron chi connectivity index (χ2n) is 4.98. The lowest BCUT2D eigenvalue weighted by Crippen LogP contribution is -2.32. The molecule has 0 saturated heterocycles. The van der Waals surface area contributed by atoms with Gasteiger partial charge in [0.1, 0.15) is 11.6 Å². The van der Waals surface area contributed by atoms with E-state index in [9.17, 15) is 9.18 Å². The van der Waals surface area contributed by atoms with E-state index in [2.05, 4.69) is 0 Å². The average Bonchev–Trinajstić information content (AvgIpc) is 2.35. The van der Waals surface area contributed by atoms with Gasteiger partial charge >= 0.3 is 0 Å². The van der Waals surface area contributed by atoms with Gasteiger partial charge in [0.2, 0.25) is 0 Å². The summed E-state index contributed by atoms with van der Waals surface area (Å²) in [6.45, 7) is 0. The average molecular weight is 270 g/mol. The van der Waals surface area contributed by atoms with Crippen LogP contribution in [0.15, 0.2) is 18.2 Å². The molecule has 0 bridgehead atoms. The molecule has 1 fully saturated rings. The van der Waals surface area contributed by atoms with Gasteiger partial charge in [-0.3, -0.25) is 4.79 Å². The van der Waals surface area contributed by atoms with Crippen LogP contribution in [0.4, 0.5) is 4.39 Å². The van der Waals surface area contributed by atoms with Gasteiger partial charge in [0.05, 0.1) is 5.02 Å². The Hall–Kier alpha value is -0.930. The number of benzene rings is 1. The second kappa shape index (κ2) is 5.81. The quantitative estimate of drug-likeness (QED) is 0.916. The maximum Gasteiger partial charge on any atom is 0.145 e. The monoisotopic (exact) mass is 269 g/mol. The van der Waals surface area contributed by atoms with Crippen molar-refractivity contribution in [3.05, 3.63) is 34.6 Å². The van der Waals surface area contributed by atoms with Gasteiger partial charge in [0.25, 0.3) is 0 Å². The molecule has 1 aliphatic rings. The standard InChI is InChI=1S/C14H17ClFNO/c15-12-6-2-4-10(14(12)16)8-13(18)9-3-1-5-11(17)7-9/h2,4,6,9,11H,1,3,5,7-8,17H2. The molecule has 1 aromatic rings. The van der Waals surface area contributed by atoms with Gasteiger partial charge in [-0.1, -0.05) is 30.2 Å². The number of Topliss-reactive ketones (excluding diaryl/α,β-unsaturated/α-hetero) is 1. The maximum atomic E-state index is 13.7. The molecule has 0 spiro atoms. The van der Waals surface area contributed by atoms with Gasteiger partial charge in [-0.25, -0.2) is 4.39 Å². The molecule has 98 valence electrons. The first-order chi connectivity index (χ1) is 8.58. The van der Waals surface area contributed by atoms with Crippen molar-refractivity contribution in [1.29, 1.82) is 0 Å². The van der Waals surface area contributed by atoms with E-state index in [4.69, 9.17) is 17.3 Å². The largest absolute Gasteiger partial charge is 0.328 e. The highest BCUT2D eigenvalue weighted by molar-refractivity contribution is 6.30. The third-order valence-corrected chi connectivity index (χ3v) is 3.86. The molecular weight excluding hydrogens is 253 g/mol. The van der Waals surface area contributed by atoms with Gasteiger partial charge in [-0.05, 0) is 30.9 Å². The first-order valence-electron chi connectivity index (χ1n) is 6.29. The summed E-state index contributed by atoms with van der Waals surface area (Å²) in [4.78, 5) is 12.1. The molecule has 0 amide bonds. The fourth-order valence-corrected chi connectivity index (χ4v) is 2.73. The van der Waals surface area contributed by atoms with Crippen LogP contribution in [0.1, 0.15) is 31.2 Å². The fraction of sp³-hybridized carbons (Fsp3) is 0.500. The highest BCUT2D eigenvalue weighted by Crippen LogP contribution is 2.26. The van der Waals surface area contributed by atoms with Gasteiger partial charge in [0, 0.05) is 18.4 Å². The van der Waals surface area contributed by atoms with E-state index >= 15 is 0 Å². The molecule has 1 saturated carbocycles. The van der Waals surface area contributed by atoms with Crippen LogP contribution in [-0.2, 0) is 11.2 Å². The molecule has 1 aliphatic carbocycles. The maximum absolute atomic E-state index is 13.7. The van der Waals surface area contributed by atoms with E-state index in [-0.39, 0.29) is 29.2 Å². The van der Waals surface area contributed by atoms with Crippen LogP contribution < -0.4 is 5.73 Å². The number of hydrogen-bond acceptors (Lipinski definition) is 2. The first-order valence-corrected chi connectivity index (χ1v) is 6.67. The lowest BCUT2D eigenvalue weighted by Gasteiger charge is -2.25. The Bertz CT molecular complexity index is 449. The topological polar surface area (TPSA) is 43.1 Å². The Labute approximate surface area is 111 Å². The molecule has 2 N–H and O–H groups in total. The van der Waals surface area contributed by atoms with Crippen molar-refractivity contribution in [3.63, 3.8) is 0 Å². The summed E-state index contributed by atoms with van der Waals surface area (Å²) in [7, 11) is 0. The third kappa shape index (κ3) is 3.09. The number of carbonyl (C=O) groups excluding carboxylic acids is 1. The zero-order valence-electron chi connectivity index (χ0n) is 10.2. The minimum absolute atomic E-state index is 0.0212. The highest BCUT2D eigenvalue weighted by Gasteiger charge is 2.25. The van der Waals surface area contributed by atoms with Crippen molar-refractivity contribution >= 4 is 17.4 Å². The predicted octanol–water partition coefficient (Wildman–Crippen LogP) is 3.11. The summed E-state index contributed by atoms with van der Waals surface area (Å²) in [6.07, 6.45) is 3.67. The van der Waals surface area contributed by atoms with Gasteiger partial charge < -0.3 is 5.73 Å². The zero-order chi connectivity index (χ0) is 13.1. The summed E-state index contributed by atoms with van der Waals surface area (Å²) in [6, 6.07) is 4.88. The molecule has 2 rings (SSSR count). The minimum atomic E-state index is -0.479. The molecule has 2 atom stereocenters. The number of ketones is 1. The summed E-state index contributed by atoms with van der Waals surface area (Å²) in [5.74, 6) is -0.425. The Morgan fingerprint density at radius 1 is 1.44 bits per heavy atom. The molecule has 0 heterocycles. The Morgan fingerprint density at radius 2 is 2.22 bits per heavy atom. The lowest BCUT2D eigenvalue weighted by atomic mass is 9.82. The van der Waals surface area contributed by atoms with Gasteiger partial charge in [-0.15, -0.1) is 0 Å². The molecule has 0 aromatic heterocycles. The fourth-order valence-electron chi connectivity index (χ4n) is 2.54. The Kier molecular flexibility index (Phi) is 4.36. The van der Waals surface area contributed by atoms with Crippen molar-refractivity contribution in [2.75, 3.05) is 0 Å². The van der Waals surface area contributed by atoms with E-state index in [0.29, 0.717) is 5.56 Å². The second-order valence-corrected chi connectivity index (χ2v) is 5.39. The van der Waals surface area contributed by atoms with Crippen molar-refractivity contribution in [1.82, 2.24) is 0 Å². The Balaban J connectivity index is 2.04. The van der Waals surface area contributed by atoms with Crippen molar-refractivity contribution in [2.24, 2.45) is 11.7 Å². The highest BCUT2D eigenvalue weighted by atomic mass is 35.5.